The lowest BCUT2D eigenvalue weighted by Gasteiger charge is -2.11. The third-order valence-electron chi connectivity index (χ3n) is 4.30. The molecule has 138 valence electrons. The van der Waals surface area contributed by atoms with E-state index in [4.69, 9.17) is 12.2 Å². The number of thiocarbonyl (C=S) groups is 1. The van der Waals surface area contributed by atoms with Crippen LogP contribution in [0.25, 0.3) is 0 Å². The van der Waals surface area contributed by atoms with E-state index in [1.165, 1.54) is 16.7 Å². The summed E-state index contributed by atoms with van der Waals surface area (Å²) >= 11 is 5.34. The van der Waals surface area contributed by atoms with E-state index in [9.17, 15) is 0 Å². The summed E-state index contributed by atoms with van der Waals surface area (Å²) < 4.78 is 2.15. The van der Waals surface area contributed by atoms with Gasteiger partial charge in [-0.25, -0.2) is 0 Å². The van der Waals surface area contributed by atoms with Crippen LogP contribution < -0.4 is 10.7 Å². The lowest BCUT2D eigenvalue weighted by atomic mass is 10.1. The van der Waals surface area contributed by atoms with Crippen molar-refractivity contribution in [2.75, 3.05) is 5.32 Å². The number of nitrogens with zero attached hydrogens (tertiary/aromatic N) is 2. The van der Waals surface area contributed by atoms with Gasteiger partial charge in [0.1, 0.15) is 0 Å². The molecular formula is C22H24N4S. The average molecular weight is 377 g/mol. The zero-order valence-electron chi connectivity index (χ0n) is 15.9. The summed E-state index contributed by atoms with van der Waals surface area (Å²) in [6, 6.07) is 18.8. The van der Waals surface area contributed by atoms with E-state index in [-0.39, 0.29) is 0 Å². The largest absolute Gasteiger partial charge is 0.342 e. The van der Waals surface area contributed by atoms with Gasteiger partial charge >= 0.3 is 0 Å². The highest BCUT2D eigenvalue weighted by molar-refractivity contribution is 7.80. The molecule has 0 bridgehead atoms. The Labute approximate surface area is 165 Å². The molecule has 0 atom stereocenters. The number of nitrogens with one attached hydrogen (secondary N) is 2. The predicted molar refractivity (Wildman–Crippen MR) is 118 cm³/mol. The van der Waals surface area contributed by atoms with Crippen LogP contribution in [0.15, 0.2) is 65.9 Å². The van der Waals surface area contributed by atoms with E-state index in [1.807, 2.05) is 19.1 Å². The van der Waals surface area contributed by atoms with E-state index in [2.05, 4.69) is 82.9 Å². The second kappa shape index (κ2) is 8.64. The summed E-state index contributed by atoms with van der Waals surface area (Å²) in [5.41, 5.74) is 9.75. The Morgan fingerprint density at radius 1 is 1.04 bits per heavy atom. The van der Waals surface area contributed by atoms with Gasteiger partial charge in [0, 0.05) is 18.4 Å². The molecule has 1 aromatic heterocycles. The number of hydrogen-bond acceptors (Lipinski definition) is 2. The van der Waals surface area contributed by atoms with E-state index >= 15 is 0 Å². The summed E-state index contributed by atoms with van der Waals surface area (Å²) in [5, 5.41) is 7.94. The van der Waals surface area contributed by atoms with Crippen LogP contribution in [0.2, 0.25) is 0 Å². The third kappa shape index (κ3) is 5.28. The topological polar surface area (TPSA) is 41.4 Å². The Morgan fingerprint density at radius 3 is 2.67 bits per heavy atom. The van der Waals surface area contributed by atoms with Gasteiger partial charge in [-0.2, -0.15) is 5.10 Å². The molecule has 3 aromatic rings. The minimum absolute atomic E-state index is 0.469. The van der Waals surface area contributed by atoms with Crippen molar-refractivity contribution < 1.29 is 0 Å². The number of anilines is 1. The molecule has 0 unspecified atom stereocenters. The van der Waals surface area contributed by atoms with Crippen molar-refractivity contribution in [1.82, 2.24) is 9.99 Å². The molecule has 0 aliphatic heterocycles. The first-order valence-electron chi connectivity index (χ1n) is 8.89. The third-order valence-corrected chi connectivity index (χ3v) is 4.50. The Morgan fingerprint density at radius 2 is 1.85 bits per heavy atom. The fourth-order valence-corrected chi connectivity index (χ4v) is 3.04. The van der Waals surface area contributed by atoms with Gasteiger partial charge in [0.2, 0.25) is 0 Å². The van der Waals surface area contributed by atoms with Crippen molar-refractivity contribution in [3.63, 3.8) is 0 Å². The fourth-order valence-electron chi connectivity index (χ4n) is 2.87. The first kappa shape index (κ1) is 18.9. The van der Waals surface area contributed by atoms with Crippen LogP contribution in [0.3, 0.4) is 0 Å². The second-order valence-electron chi connectivity index (χ2n) is 6.69. The van der Waals surface area contributed by atoms with Gasteiger partial charge in [-0.15, -0.1) is 0 Å². The Bertz CT molecular complexity index is 972. The molecule has 0 aliphatic rings. The number of aryl methyl sites for hydroxylation is 3. The molecule has 0 radical (unpaired) electrons. The zero-order chi connectivity index (χ0) is 19.2. The minimum atomic E-state index is 0.469. The highest BCUT2D eigenvalue weighted by Crippen LogP contribution is 2.16. The standard InChI is InChI=1S/C22H24N4S/c1-16-6-4-7-19(12-16)15-26-11-5-8-20(26)14-23-25-22(27)24-21-13-17(2)9-10-18(21)3/h4-14H,15H2,1-3H3,(H2,24,25,27)/b23-14+. The fraction of sp³-hybridized carbons (Fsp3) is 0.182. The van der Waals surface area contributed by atoms with Crippen molar-refractivity contribution in [3.05, 3.63) is 88.7 Å². The summed E-state index contributed by atoms with van der Waals surface area (Å²) in [6.45, 7) is 7.02. The van der Waals surface area contributed by atoms with Crippen LogP contribution >= 0.6 is 12.2 Å². The molecule has 4 nitrogen and oxygen atoms in total. The molecule has 27 heavy (non-hydrogen) atoms. The first-order valence-corrected chi connectivity index (χ1v) is 9.30. The molecule has 0 saturated carbocycles. The number of rotatable bonds is 5. The SMILES string of the molecule is Cc1cccc(Cn2cccc2/C=N/NC(=S)Nc2cc(C)ccc2C)c1. The number of aromatic nitrogens is 1. The summed E-state index contributed by atoms with van der Waals surface area (Å²) in [6.07, 6.45) is 3.84. The van der Waals surface area contributed by atoms with Crippen LogP contribution in [0, 0.1) is 20.8 Å². The maximum Gasteiger partial charge on any atom is 0.191 e. The monoisotopic (exact) mass is 376 g/mol. The van der Waals surface area contributed by atoms with Gasteiger partial charge in [-0.05, 0) is 67.9 Å². The normalized spacial score (nSPS) is 10.9. The summed E-state index contributed by atoms with van der Waals surface area (Å²) in [5.74, 6) is 0. The van der Waals surface area contributed by atoms with Crippen LogP contribution in [0.4, 0.5) is 5.69 Å². The molecule has 0 fully saturated rings. The molecule has 0 spiro atoms. The zero-order valence-corrected chi connectivity index (χ0v) is 16.7. The molecule has 0 saturated heterocycles. The van der Waals surface area contributed by atoms with E-state index in [1.54, 1.807) is 6.21 Å². The van der Waals surface area contributed by atoms with Gasteiger partial charge in [0.05, 0.1) is 11.9 Å². The van der Waals surface area contributed by atoms with Crippen molar-refractivity contribution >= 4 is 29.2 Å². The Hall–Kier alpha value is -2.92. The van der Waals surface area contributed by atoms with Gasteiger partial charge < -0.3 is 9.88 Å². The number of hydrazone groups is 1. The van der Waals surface area contributed by atoms with Crippen LogP contribution in [0.1, 0.15) is 27.9 Å². The average Bonchev–Trinajstić information content (AvgIpc) is 3.05. The smallest absolute Gasteiger partial charge is 0.191 e. The van der Waals surface area contributed by atoms with Gasteiger partial charge in [0.15, 0.2) is 5.11 Å². The van der Waals surface area contributed by atoms with Crippen molar-refractivity contribution in [2.45, 2.75) is 27.3 Å². The molecule has 0 amide bonds. The Balaban J connectivity index is 1.61. The number of benzene rings is 2. The molecule has 5 heteroatoms. The molecule has 1 heterocycles. The molecule has 2 aromatic carbocycles. The Kier molecular flexibility index (Phi) is 6.04. The molecule has 3 rings (SSSR count). The summed E-state index contributed by atoms with van der Waals surface area (Å²) in [4.78, 5) is 0. The van der Waals surface area contributed by atoms with Crippen molar-refractivity contribution in [1.29, 1.82) is 0 Å². The lowest BCUT2D eigenvalue weighted by Crippen LogP contribution is -2.24. The van der Waals surface area contributed by atoms with E-state index in [0.717, 1.165) is 23.5 Å². The minimum Gasteiger partial charge on any atom is -0.342 e. The highest BCUT2D eigenvalue weighted by atomic mass is 32.1. The molecular weight excluding hydrogens is 352 g/mol. The van der Waals surface area contributed by atoms with E-state index in [0.29, 0.717) is 5.11 Å². The quantitative estimate of drug-likeness (QED) is 0.382. The maximum atomic E-state index is 5.34. The van der Waals surface area contributed by atoms with Gasteiger partial charge in [0.25, 0.3) is 0 Å². The van der Waals surface area contributed by atoms with Crippen molar-refractivity contribution in [3.8, 4) is 0 Å². The molecule has 0 aliphatic carbocycles. The predicted octanol–water partition coefficient (Wildman–Crippen LogP) is 4.78. The number of hydrogen-bond donors (Lipinski definition) is 2. The van der Waals surface area contributed by atoms with Crippen LogP contribution in [-0.4, -0.2) is 15.9 Å². The van der Waals surface area contributed by atoms with Crippen LogP contribution in [-0.2, 0) is 6.54 Å². The van der Waals surface area contributed by atoms with Gasteiger partial charge in [-0.3, -0.25) is 5.43 Å². The lowest BCUT2D eigenvalue weighted by molar-refractivity contribution is 0.798. The highest BCUT2D eigenvalue weighted by Gasteiger charge is 2.02. The summed E-state index contributed by atoms with van der Waals surface area (Å²) in [7, 11) is 0. The van der Waals surface area contributed by atoms with Gasteiger partial charge in [-0.1, -0.05) is 42.0 Å². The maximum absolute atomic E-state index is 5.34. The van der Waals surface area contributed by atoms with Crippen molar-refractivity contribution in [2.24, 2.45) is 5.10 Å². The first-order chi connectivity index (χ1) is 13.0. The second-order valence-corrected chi connectivity index (χ2v) is 7.10. The van der Waals surface area contributed by atoms with Crippen LogP contribution in [0.5, 0.6) is 0 Å². The molecule has 2 N–H and O–H groups in total. The van der Waals surface area contributed by atoms with E-state index < -0.39 is 0 Å².